The van der Waals surface area contributed by atoms with Crippen LogP contribution >= 0.6 is 15.9 Å². The first-order valence-electron chi connectivity index (χ1n) is 5.96. The molecule has 1 atom stereocenters. The molecule has 0 saturated carbocycles. The first-order chi connectivity index (χ1) is 8.97. The lowest BCUT2D eigenvalue weighted by Gasteiger charge is -2.14. The van der Waals surface area contributed by atoms with Gasteiger partial charge in [-0.1, -0.05) is 22.9 Å². The molecule has 1 aromatic rings. The van der Waals surface area contributed by atoms with Crippen molar-refractivity contribution in [3.8, 4) is 0 Å². The molecule has 5 nitrogen and oxygen atoms in total. The Hall–Kier alpha value is -1.40. The van der Waals surface area contributed by atoms with E-state index < -0.39 is 17.9 Å². The molecule has 1 rings (SSSR count). The Morgan fingerprint density at radius 1 is 1.37 bits per heavy atom. The molecule has 0 heterocycles. The number of rotatable bonds is 4. The van der Waals surface area contributed by atoms with E-state index in [1.165, 1.54) is 0 Å². The minimum atomic E-state index is -0.747. The number of anilines is 1. The van der Waals surface area contributed by atoms with Crippen molar-refractivity contribution < 1.29 is 14.7 Å². The summed E-state index contributed by atoms with van der Waals surface area (Å²) in [6.45, 7) is 3.46. The highest BCUT2D eigenvalue weighted by Gasteiger charge is 2.17. The molecule has 0 spiro atoms. The Bertz CT molecular complexity index is 473. The van der Waals surface area contributed by atoms with Crippen molar-refractivity contribution in [2.75, 3.05) is 11.9 Å². The van der Waals surface area contributed by atoms with Gasteiger partial charge in [0.15, 0.2) is 0 Å². The molecule has 0 aromatic heterocycles. The van der Waals surface area contributed by atoms with E-state index in [9.17, 15) is 9.59 Å². The van der Waals surface area contributed by atoms with Crippen LogP contribution in [0.5, 0.6) is 0 Å². The highest BCUT2D eigenvalue weighted by Crippen LogP contribution is 2.19. The van der Waals surface area contributed by atoms with E-state index in [4.69, 9.17) is 5.11 Å². The van der Waals surface area contributed by atoms with Gasteiger partial charge >= 0.3 is 11.8 Å². The molecular weight excluding hydrogens is 312 g/mol. The normalized spacial score (nSPS) is 11.8. The van der Waals surface area contributed by atoms with Crippen molar-refractivity contribution in [1.82, 2.24) is 5.32 Å². The van der Waals surface area contributed by atoms with Gasteiger partial charge in [0, 0.05) is 10.2 Å². The zero-order chi connectivity index (χ0) is 14.4. The molecule has 0 bridgehead atoms. The van der Waals surface area contributed by atoms with Gasteiger partial charge in [-0.05, 0) is 37.1 Å². The zero-order valence-corrected chi connectivity index (χ0v) is 12.5. The van der Waals surface area contributed by atoms with Crippen LogP contribution in [0.2, 0.25) is 0 Å². The molecule has 0 aliphatic heterocycles. The summed E-state index contributed by atoms with van der Waals surface area (Å²) in [5, 5.41) is 14.0. The smallest absolute Gasteiger partial charge is 0.313 e. The predicted octanol–water partition coefficient (Wildman–Crippen LogP) is 1.58. The third kappa shape index (κ3) is 4.65. The lowest BCUT2D eigenvalue weighted by atomic mass is 10.2. The van der Waals surface area contributed by atoms with Crippen molar-refractivity contribution in [2.45, 2.75) is 26.3 Å². The maximum Gasteiger partial charge on any atom is 0.313 e. The summed E-state index contributed by atoms with van der Waals surface area (Å²) >= 11 is 3.32. The summed E-state index contributed by atoms with van der Waals surface area (Å²) in [4.78, 5) is 23.3. The van der Waals surface area contributed by atoms with Gasteiger partial charge in [0.2, 0.25) is 0 Å². The van der Waals surface area contributed by atoms with E-state index in [-0.39, 0.29) is 6.61 Å². The fourth-order valence-electron chi connectivity index (χ4n) is 1.47. The first kappa shape index (κ1) is 15.7. The molecule has 104 valence electrons. The molecule has 0 fully saturated rings. The number of nitrogens with one attached hydrogen (secondary N) is 2. The predicted molar refractivity (Wildman–Crippen MR) is 76.8 cm³/mol. The lowest BCUT2D eigenvalue weighted by molar-refractivity contribution is -0.136. The largest absolute Gasteiger partial charge is 0.394 e. The number of hydrogen-bond acceptors (Lipinski definition) is 3. The molecule has 0 aliphatic carbocycles. The van der Waals surface area contributed by atoms with Crippen molar-refractivity contribution >= 4 is 33.4 Å². The van der Waals surface area contributed by atoms with E-state index in [0.29, 0.717) is 12.1 Å². The monoisotopic (exact) mass is 328 g/mol. The summed E-state index contributed by atoms with van der Waals surface area (Å²) in [7, 11) is 0. The topological polar surface area (TPSA) is 78.4 Å². The maximum atomic E-state index is 11.7. The summed E-state index contributed by atoms with van der Waals surface area (Å²) in [6.07, 6.45) is 0.562. The molecular formula is C13H17BrN2O3. The van der Waals surface area contributed by atoms with Gasteiger partial charge in [0.25, 0.3) is 0 Å². The van der Waals surface area contributed by atoms with Crippen LogP contribution in [0.25, 0.3) is 0 Å². The van der Waals surface area contributed by atoms with Crippen LogP contribution in [-0.4, -0.2) is 29.6 Å². The number of amides is 2. The molecule has 0 radical (unpaired) electrons. The van der Waals surface area contributed by atoms with Crippen LogP contribution in [0.3, 0.4) is 0 Å². The van der Waals surface area contributed by atoms with Crippen molar-refractivity contribution in [1.29, 1.82) is 0 Å². The van der Waals surface area contributed by atoms with Crippen molar-refractivity contribution in [3.63, 3.8) is 0 Å². The fraction of sp³-hybridized carbons (Fsp3) is 0.385. The second-order valence-electron chi connectivity index (χ2n) is 4.17. The van der Waals surface area contributed by atoms with Crippen LogP contribution in [0.1, 0.15) is 18.9 Å². The number of hydrogen-bond donors (Lipinski definition) is 3. The molecule has 1 aromatic carbocycles. The standard InChI is InChI=1S/C13H17BrN2O3/c1-3-10(7-17)15-12(18)13(19)16-11-5-4-9(14)6-8(11)2/h4-6,10,17H,3,7H2,1-2H3,(H,15,18)(H,16,19)/t10-/m0/s1. The van der Waals surface area contributed by atoms with Crippen LogP contribution < -0.4 is 10.6 Å². The van der Waals surface area contributed by atoms with Gasteiger partial charge in [0.1, 0.15) is 0 Å². The minimum absolute atomic E-state index is 0.188. The number of carbonyl (C=O) groups is 2. The highest BCUT2D eigenvalue weighted by molar-refractivity contribution is 9.10. The summed E-state index contributed by atoms with van der Waals surface area (Å²) in [5.41, 5.74) is 1.44. The number of halogens is 1. The van der Waals surface area contributed by atoms with Gasteiger partial charge in [0.05, 0.1) is 12.6 Å². The highest BCUT2D eigenvalue weighted by atomic mass is 79.9. The SMILES string of the molecule is CC[C@@H](CO)NC(=O)C(=O)Nc1ccc(Br)cc1C. The average molecular weight is 329 g/mol. The zero-order valence-electron chi connectivity index (χ0n) is 10.9. The summed E-state index contributed by atoms with van der Waals surface area (Å²) < 4.78 is 0.902. The molecule has 2 amide bonds. The van der Waals surface area contributed by atoms with Gasteiger partial charge in [-0.2, -0.15) is 0 Å². The molecule has 0 unspecified atom stereocenters. The van der Waals surface area contributed by atoms with Gasteiger partial charge in [-0.15, -0.1) is 0 Å². The molecule has 3 N–H and O–H groups in total. The maximum absolute atomic E-state index is 11.7. The van der Waals surface area contributed by atoms with Crippen molar-refractivity contribution in [3.05, 3.63) is 28.2 Å². The number of carbonyl (C=O) groups excluding carboxylic acids is 2. The lowest BCUT2D eigenvalue weighted by Crippen LogP contribution is -2.43. The Kier molecular flexibility index (Phi) is 5.98. The second kappa shape index (κ2) is 7.25. The number of aliphatic hydroxyl groups excluding tert-OH is 1. The molecule has 0 saturated heterocycles. The average Bonchev–Trinajstić information content (AvgIpc) is 2.38. The van der Waals surface area contributed by atoms with Crippen LogP contribution in [0, 0.1) is 6.92 Å². The Morgan fingerprint density at radius 3 is 2.58 bits per heavy atom. The summed E-state index contributed by atoms with van der Waals surface area (Å²) in [6, 6.07) is 4.94. The first-order valence-corrected chi connectivity index (χ1v) is 6.76. The van der Waals surface area contributed by atoms with E-state index in [0.717, 1.165) is 10.0 Å². The van der Waals surface area contributed by atoms with E-state index in [2.05, 4.69) is 26.6 Å². The van der Waals surface area contributed by atoms with Crippen LogP contribution in [0.4, 0.5) is 5.69 Å². The third-order valence-electron chi connectivity index (χ3n) is 2.69. The summed E-state index contributed by atoms with van der Waals surface area (Å²) in [5.74, 6) is -1.49. The fourth-order valence-corrected chi connectivity index (χ4v) is 1.95. The molecule has 0 aliphatic rings. The van der Waals surface area contributed by atoms with Crippen molar-refractivity contribution in [2.24, 2.45) is 0 Å². The van der Waals surface area contributed by atoms with E-state index >= 15 is 0 Å². The van der Waals surface area contributed by atoms with E-state index in [1.807, 2.05) is 19.9 Å². The van der Waals surface area contributed by atoms with E-state index in [1.54, 1.807) is 12.1 Å². The number of aliphatic hydroxyl groups is 1. The number of benzene rings is 1. The Labute approximate surface area is 120 Å². The Morgan fingerprint density at radius 2 is 2.05 bits per heavy atom. The quantitative estimate of drug-likeness (QED) is 0.734. The second-order valence-corrected chi connectivity index (χ2v) is 5.09. The van der Waals surface area contributed by atoms with Crippen LogP contribution in [-0.2, 0) is 9.59 Å². The minimum Gasteiger partial charge on any atom is -0.394 e. The third-order valence-corrected chi connectivity index (χ3v) is 3.18. The molecule has 6 heteroatoms. The molecule has 19 heavy (non-hydrogen) atoms. The van der Waals surface area contributed by atoms with Gasteiger partial charge in [-0.25, -0.2) is 0 Å². The van der Waals surface area contributed by atoms with Gasteiger partial charge in [-0.3, -0.25) is 9.59 Å². The van der Waals surface area contributed by atoms with Crippen LogP contribution in [0.15, 0.2) is 22.7 Å². The number of aryl methyl sites for hydroxylation is 1. The Balaban J connectivity index is 2.66. The van der Waals surface area contributed by atoms with Gasteiger partial charge < -0.3 is 15.7 Å².